The van der Waals surface area contributed by atoms with Crippen molar-refractivity contribution in [3.05, 3.63) is 66.7 Å². The van der Waals surface area contributed by atoms with Gasteiger partial charge in [-0.05, 0) is 24.3 Å². The lowest BCUT2D eigenvalue weighted by Gasteiger charge is -2.31. The van der Waals surface area contributed by atoms with E-state index in [9.17, 15) is 14.7 Å². The number of carbonyl (C=O) groups is 2. The van der Waals surface area contributed by atoms with Gasteiger partial charge in [0, 0.05) is 17.4 Å². The highest BCUT2D eigenvalue weighted by Crippen LogP contribution is 2.19. The summed E-state index contributed by atoms with van der Waals surface area (Å²) in [4.78, 5) is 24.5. The van der Waals surface area contributed by atoms with Crippen LogP contribution in [0.25, 0.3) is 0 Å². The number of amides is 3. The Kier molecular flexibility index (Phi) is 7.42. The Balaban J connectivity index is 1.54. The summed E-state index contributed by atoms with van der Waals surface area (Å²) in [5.74, 6) is 0.424. The number of anilines is 2. The second-order valence-corrected chi connectivity index (χ2v) is 6.75. The van der Waals surface area contributed by atoms with E-state index in [0.29, 0.717) is 17.1 Å². The lowest BCUT2D eigenvalue weighted by Crippen LogP contribution is -2.50. The van der Waals surface area contributed by atoms with Crippen molar-refractivity contribution in [2.24, 2.45) is 0 Å². The Hall–Kier alpha value is -3.36. The monoisotopic (exact) mass is 411 g/mol. The van der Waals surface area contributed by atoms with Crippen LogP contribution in [0.15, 0.2) is 66.7 Å². The first-order chi connectivity index (χ1) is 14.6. The normalized spacial score (nSPS) is 20.3. The maximum Gasteiger partial charge on any atom is 0.319 e. The molecule has 8 nitrogen and oxygen atoms in total. The lowest BCUT2D eigenvalue weighted by molar-refractivity contribution is -0.120. The molecule has 3 atom stereocenters. The Morgan fingerprint density at radius 3 is 2.53 bits per heavy atom. The Morgan fingerprint density at radius 2 is 1.80 bits per heavy atom. The van der Waals surface area contributed by atoms with Crippen LogP contribution < -0.4 is 20.7 Å². The van der Waals surface area contributed by atoms with Gasteiger partial charge in [-0.1, -0.05) is 36.4 Å². The van der Waals surface area contributed by atoms with Gasteiger partial charge < -0.3 is 30.5 Å². The fraction of sp³-hybridized carbons (Fsp3) is 0.273. The fourth-order valence-corrected chi connectivity index (χ4v) is 3.07. The molecule has 2 aromatic carbocycles. The Labute approximate surface area is 174 Å². The summed E-state index contributed by atoms with van der Waals surface area (Å²) in [5.41, 5.74) is 1.28. The highest BCUT2D eigenvalue weighted by atomic mass is 16.5. The first-order valence-electron chi connectivity index (χ1n) is 9.58. The summed E-state index contributed by atoms with van der Waals surface area (Å²) in [7, 11) is 1.55. The fourth-order valence-electron chi connectivity index (χ4n) is 3.07. The minimum Gasteiger partial charge on any atom is -0.497 e. The maximum atomic E-state index is 12.3. The number of benzene rings is 2. The van der Waals surface area contributed by atoms with Gasteiger partial charge in [0.2, 0.25) is 5.91 Å². The number of hydrogen-bond acceptors (Lipinski definition) is 5. The summed E-state index contributed by atoms with van der Waals surface area (Å²) in [6.07, 6.45) is 2.39. The van der Waals surface area contributed by atoms with Gasteiger partial charge in [0.15, 0.2) is 0 Å². The molecule has 3 amide bonds. The number of hydrogen-bond donors (Lipinski definition) is 4. The highest BCUT2D eigenvalue weighted by Gasteiger charge is 2.29. The predicted molar refractivity (Wildman–Crippen MR) is 114 cm³/mol. The highest BCUT2D eigenvalue weighted by molar-refractivity contribution is 5.91. The van der Waals surface area contributed by atoms with E-state index in [0.717, 1.165) is 0 Å². The zero-order valence-corrected chi connectivity index (χ0v) is 16.6. The summed E-state index contributed by atoms with van der Waals surface area (Å²) in [6.45, 7) is -0.300. The molecule has 1 aliphatic rings. The average molecular weight is 411 g/mol. The number of rotatable bonds is 7. The summed E-state index contributed by atoms with van der Waals surface area (Å²) in [5, 5.41) is 17.9. The first kappa shape index (κ1) is 21.4. The quantitative estimate of drug-likeness (QED) is 0.524. The summed E-state index contributed by atoms with van der Waals surface area (Å²) in [6, 6.07) is 15.1. The summed E-state index contributed by atoms with van der Waals surface area (Å²) < 4.78 is 10.9. The number of aliphatic hydroxyl groups is 1. The molecule has 0 bridgehead atoms. The van der Waals surface area contributed by atoms with E-state index in [1.165, 1.54) is 0 Å². The third-order valence-corrected chi connectivity index (χ3v) is 4.53. The molecule has 8 heteroatoms. The molecule has 0 spiro atoms. The predicted octanol–water partition coefficient (Wildman–Crippen LogP) is 2.53. The van der Waals surface area contributed by atoms with E-state index < -0.39 is 24.3 Å². The third-order valence-electron chi connectivity index (χ3n) is 4.53. The van der Waals surface area contributed by atoms with Crippen molar-refractivity contribution >= 4 is 23.3 Å². The van der Waals surface area contributed by atoms with E-state index in [-0.39, 0.29) is 18.9 Å². The molecular weight excluding hydrogens is 386 g/mol. The molecule has 4 N–H and O–H groups in total. The topological polar surface area (TPSA) is 109 Å². The van der Waals surface area contributed by atoms with Crippen LogP contribution in [-0.2, 0) is 9.53 Å². The zero-order chi connectivity index (χ0) is 21.3. The number of ether oxygens (including phenoxy) is 2. The number of methoxy groups -OCH3 is 1. The van der Waals surface area contributed by atoms with Crippen molar-refractivity contribution in [1.82, 2.24) is 5.32 Å². The van der Waals surface area contributed by atoms with Crippen LogP contribution in [0.5, 0.6) is 5.75 Å². The molecule has 0 fully saturated rings. The van der Waals surface area contributed by atoms with Gasteiger partial charge in [-0.2, -0.15) is 0 Å². The number of carbonyl (C=O) groups excluding carboxylic acids is 2. The second kappa shape index (κ2) is 10.4. The van der Waals surface area contributed by atoms with Crippen LogP contribution in [0.2, 0.25) is 0 Å². The molecule has 1 heterocycles. The molecule has 0 saturated carbocycles. The number of nitrogens with one attached hydrogen (secondary N) is 3. The molecule has 3 rings (SSSR count). The first-order valence-corrected chi connectivity index (χ1v) is 9.58. The van der Waals surface area contributed by atoms with Gasteiger partial charge in [-0.3, -0.25) is 4.79 Å². The Bertz CT molecular complexity index is 887. The molecule has 0 aromatic heterocycles. The minimum absolute atomic E-state index is 0.102. The van der Waals surface area contributed by atoms with Crippen molar-refractivity contribution in [1.29, 1.82) is 0 Å². The smallest absolute Gasteiger partial charge is 0.319 e. The van der Waals surface area contributed by atoms with Crippen molar-refractivity contribution in [3.63, 3.8) is 0 Å². The molecule has 0 radical (unpaired) electrons. The van der Waals surface area contributed by atoms with Crippen molar-refractivity contribution in [2.75, 3.05) is 24.4 Å². The Morgan fingerprint density at radius 1 is 1.03 bits per heavy atom. The van der Waals surface area contributed by atoms with Crippen molar-refractivity contribution in [2.45, 2.75) is 24.7 Å². The van der Waals surface area contributed by atoms with Gasteiger partial charge in [0.1, 0.15) is 11.9 Å². The third kappa shape index (κ3) is 6.07. The molecule has 0 unspecified atom stereocenters. The molecule has 1 aliphatic heterocycles. The maximum absolute atomic E-state index is 12.3. The van der Waals surface area contributed by atoms with Gasteiger partial charge >= 0.3 is 6.03 Å². The molecule has 2 aromatic rings. The van der Waals surface area contributed by atoms with E-state index >= 15 is 0 Å². The van der Waals surface area contributed by atoms with E-state index in [1.54, 1.807) is 55.7 Å². The van der Waals surface area contributed by atoms with E-state index in [4.69, 9.17) is 9.47 Å². The number of urea groups is 1. The minimum atomic E-state index is -0.666. The van der Waals surface area contributed by atoms with Gasteiger partial charge in [-0.25, -0.2) is 4.79 Å². The van der Waals surface area contributed by atoms with Gasteiger partial charge in [0.05, 0.1) is 32.3 Å². The summed E-state index contributed by atoms with van der Waals surface area (Å²) >= 11 is 0. The second-order valence-electron chi connectivity index (χ2n) is 6.75. The van der Waals surface area contributed by atoms with Crippen LogP contribution in [0, 0.1) is 0 Å². The van der Waals surface area contributed by atoms with Gasteiger partial charge in [0.25, 0.3) is 0 Å². The van der Waals surface area contributed by atoms with E-state index in [2.05, 4.69) is 16.0 Å². The molecule has 0 aliphatic carbocycles. The molecule has 0 saturated heterocycles. The van der Waals surface area contributed by atoms with Crippen molar-refractivity contribution < 1.29 is 24.2 Å². The van der Waals surface area contributed by atoms with Gasteiger partial charge in [-0.15, -0.1) is 0 Å². The van der Waals surface area contributed by atoms with Crippen LogP contribution in [-0.4, -0.2) is 49.0 Å². The van der Waals surface area contributed by atoms with Crippen LogP contribution >= 0.6 is 0 Å². The number of aliphatic hydroxyl groups excluding tert-OH is 1. The standard InChI is InChI=1S/C22H25N3O5/c1-29-17-9-5-8-16(12-17)24-22(28)25-19-11-10-18(30-20(19)14-26)13-21(27)23-15-6-3-2-4-7-15/h2-12,18-20,26H,13-14H2,1H3,(H,23,27)(H2,24,25,28)/t18-,19-,20-/m1/s1. The van der Waals surface area contributed by atoms with Crippen LogP contribution in [0.3, 0.4) is 0 Å². The number of para-hydroxylation sites is 1. The van der Waals surface area contributed by atoms with Crippen LogP contribution in [0.1, 0.15) is 6.42 Å². The average Bonchev–Trinajstić information content (AvgIpc) is 2.75. The lowest BCUT2D eigenvalue weighted by atomic mass is 10.0. The largest absolute Gasteiger partial charge is 0.497 e. The zero-order valence-electron chi connectivity index (χ0n) is 16.6. The molecule has 158 valence electrons. The SMILES string of the molecule is COc1cccc(NC(=O)N[C@@H]2C=C[C@H](CC(=O)Nc3ccccc3)O[C@@H]2CO)c1. The molecular formula is C22H25N3O5. The van der Waals surface area contributed by atoms with E-state index in [1.807, 2.05) is 18.2 Å². The van der Waals surface area contributed by atoms with Crippen molar-refractivity contribution in [3.8, 4) is 5.75 Å². The van der Waals surface area contributed by atoms with Crippen LogP contribution in [0.4, 0.5) is 16.2 Å². The molecule has 30 heavy (non-hydrogen) atoms.